The first-order valence-corrected chi connectivity index (χ1v) is 17.7. The number of anilines is 3. The van der Waals surface area contributed by atoms with E-state index >= 15 is 0 Å². The molecular weight excluding hydrogens is 639 g/mol. The van der Waals surface area contributed by atoms with Gasteiger partial charge in [-0.3, -0.25) is 0 Å². The lowest BCUT2D eigenvalue weighted by molar-refractivity contribution is 0.670. The molecular formula is C48H31NOS. The molecule has 0 N–H and O–H groups in total. The summed E-state index contributed by atoms with van der Waals surface area (Å²) in [7, 11) is 0. The van der Waals surface area contributed by atoms with Gasteiger partial charge in [-0.1, -0.05) is 139 Å². The lowest BCUT2D eigenvalue weighted by Gasteiger charge is -2.26. The van der Waals surface area contributed by atoms with Crippen LogP contribution in [0.1, 0.15) is 6.85 Å². The number of fused-ring (bicyclic) bond motifs is 6. The summed E-state index contributed by atoms with van der Waals surface area (Å²) in [5.74, 6) is 0. The monoisotopic (exact) mass is 674 g/mol. The van der Waals surface area contributed by atoms with E-state index in [-0.39, 0.29) is 29.7 Å². The maximum Gasteiger partial charge on any atom is 0.143 e. The zero-order chi connectivity index (χ0) is 38.1. The summed E-state index contributed by atoms with van der Waals surface area (Å²) >= 11 is 1.76. The summed E-state index contributed by atoms with van der Waals surface area (Å²) in [6.07, 6.45) is 0. The van der Waals surface area contributed by atoms with E-state index in [9.17, 15) is 0 Å². The number of furan rings is 1. The van der Waals surface area contributed by atoms with Crippen LogP contribution in [0.15, 0.2) is 192 Å². The second-order valence-electron chi connectivity index (χ2n) is 12.5. The molecule has 0 unspecified atom stereocenters. The Morgan fingerprint density at radius 1 is 0.471 bits per heavy atom. The van der Waals surface area contributed by atoms with Crippen molar-refractivity contribution in [2.75, 3.05) is 4.90 Å². The van der Waals surface area contributed by atoms with Gasteiger partial charge in [-0.2, -0.15) is 0 Å². The van der Waals surface area contributed by atoms with Crippen LogP contribution in [0.4, 0.5) is 17.1 Å². The van der Waals surface area contributed by atoms with E-state index in [1.54, 1.807) is 11.3 Å². The van der Waals surface area contributed by atoms with Gasteiger partial charge in [0.2, 0.25) is 0 Å². The van der Waals surface area contributed by atoms with Crippen molar-refractivity contribution in [1.82, 2.24) is 0 Å². The van der Waals surface area contributed by atoms with Crippen molar-refractivity contribution in [3.8, 4) is 33.4 Å². The molecule has 51 heavy (non-hydrogen) atoms. The van der Waals surface area contributed by atoms with Crippen LogP contribution in [0.2, 0.25) is 0 Å². The Labute approximate surface area is 307 Å². The van der Waals surface area contributed by atoms with Gasteiger partial charge in [0.05, 0.1) is 17.2 Å². The number of benzene rings is 8. The van der Waals surface area contributed by atoms with Crippen LogP contribution in [-0.2, 0) is 0 Å². The third-order valence-corrected chi connectivity index (χ3v) is 10.8. The quantitative estimate of drug-likeness (QED) is 0.175. The van der Waals surface area contributed by atoms with E-state index in [1.807, 2.05) is 42.5 Å². The van der Waals surface area contributed by atoms with Crippen LogP contribution in [-0.4, -0.2) is 0 Å². The van der Waals surface area contributed by atoms with Crippen molar-refractivity contribution in [3.05, 3.63) is 188 Å². The van der Waals surface area contributed by atoms with E-state index in [2.05, 4.69) is 120 Å². The third-order valence-electron chi connectivity index (χ3n) is 9.58. The van der Waals surface area contributed by atoms with Crippen molar-refractivity contribution < 1.29 is 11.3 Å². The Morgan fingerprint density at radius 2 is 1.12 bits per heavy atom. The van der Waals surface area contributed by atoms with Crippen molar-refractivity contribution in [1.29, 1.82) is 0 Å². The summed E-state index contributed by atoms with van der Waals surface area (Å²) in [6.45, 7) is 0. The minimum absolute atomic E-state index is 0.184. The number of thiophene rings is 1. The summed E-state index contributed by atoms with van der Waals surface area (Å²) in [5, 5.41) is 4.53. The molecule has 240 valence electrons. The van der Waals surface area contributed by atoms with Gasteiger partial charge in [-0.15, -0.1) is 11.3 Å². The molecule has 2 aromatic heterocycles. The average molecular weight is 675 g/mol. The standard InChI is InChI=1S/C48H31NOS/c1-3-11-32(12-4-1)33-21-26-37(27-22-33)49(44-19-10-18-42-40-15-7-8-20-46(40)51-48(42)44)38-28-23-34(24-29-38)36-25-30-45-43(31-36)41-17-9-16-39(47(41)50-45)35-13-5-2-6-14-35/h1-31H/i1D,3D,4D,11D,12D. The van der Waals surface area contributed by atoms with Crippen LogP contribution >= 0.6 is 11.3 Å². The molecule has 0 spiro atoms. The molecule has 0 aliphatic rings. The molecule has 2 heterocycles. The molecule has 10 rings (SSSR count). The normalized spacial score (nSPS) is 12.9. The highest BCUT2D eigenvalue weighted by Gasteiger charge is 2.19. The van der Waals surface area contributed by atoms with Gasteiger partial charge in [-0.25, -0.2) is 0 Å². The minimum atomic E-state index is -0.401. The van der Waals surface area contributed by atoms with Gasteiger partial charge in [0.25, 0.3) is 0 Å². The third kappa shape index (κ3) is 5.10. The van der Waals surface area contributed by atoms with E-state index in [4.69, 9.17) is 11.3 Å². The molecule has 2 nitrogen and oxygen atoms in total. The zero-order valence-electron chi connectivity index (χ0n) is 32.3. The molecule has 0 atom stereocenters. The van der Waals surface area contributed by atoms with Crippen LogP contribution in [0.5, 0.6) is 0 Å². The molecule has 0 saturated heterocycles. The Kier molecular flexibility index (Phi) is 5.89. The van der Waals surface area contributed by atoms with Crippen molar-refractivity contribution >= 4 is 70.5 Å². The number of para-hydroxylation sites is 1. The second kappa shape index (κ2) is 12.2. The van der Waals surface area contributed by atoms with Crippen molar-refractivity contribution in [3.63, 3.8) is 0 Å². The highest BCUT2D eigenvalue weighted by molar-refractivity contribution is 7.26. The zero-order valence-corrected chi connectivity index (χ0v) is 28.1. The predicted octanol–water partition coefficient (Wildman–Crippen LogP) is 14.4. The lowest BCUT2D eigenvalue weighted by atomic mass is 10.00. The van der Waals surface area contributed by atoms with Crippen LogP contribution in [0.3, 0.4) is 0 Å². The number of rotatable bonds is 6. The Bertz CT molecular complexity index is 3110. The summed E-state index contributed by atoms with van der Waals surface area (Å²) < 4.78 is 50.4. The van der Waals surface area contributed by atoms with Gasteiger partial charge in [0.15, 0.2) is 0 Å². The van der Waals surface area contributed by atoms with Gasteiger partial charge < -0.3 is 9.32 Å². The average Bonchev–Trinajstić information content (AvgIpc) is 3.82. The first-order valence-electron chi connectivity index (χ1n) is 19.3. The smallest absolute Gasteiger partial charge is 0.143 e. The maximum atomic E-state index is 8.55. The van der Waals surface area contributed by atoms with E-state index in [1.165, 1.54) is 15.5 Å². The van der Waals surface area contributed by atoms with E-state index in [0.717, 1.165) is 66.0 Å². The first-order chi connectivity index (χ1) is 27.4. The predicted molar refractivity (Wildman–Crippen MR) is 218 cm³/mol. The number of nitrogens with zero attached hydrogens (tertiary/aromatic N) is 1. The molecule has 0 amide bonds. The Hall–Kier alpha value is -6.42. The molecule has 0 fully saturated rings. The highest BCUT2D eigenvalue weighted by Crippen LogP contribution is 2.45. The summed E-state index contributed by atoms with van der Waals surface area (Å²) in [6, 6.07) is 52.5. The Balaban J connectivity index is 1.08. The Morgan fingerprint density at radius 3 is 1.90 bits per heavy atom. The van der Waals surface area contributed by atoms with Crippen molar-refractivity contribution in [2.45, 2.75) is 0 Å². The fourth-order valence-electron chi connectivity index (χ4n) is 7.13. The fourth-order valence-corrected chi connectivity index (χ4v) is 8.34. The maximum absolute atomic E-state index is 8.55. The van der Waals surface area contributed by atoms with Crippen molar-refractivity contribution in [2.24, 2.45) is 0 Å². The van der Waals surface area contributed by atoms with E-state index < -0.39 is 6.04 Å². The van der Waals surface area contributed by atoms with Crippen LogP contribution < -0.4 is 4.90 Å². The molecule has 3 heteroatoms. The molecule has 8 aromatic carbocycles. The molecule has 0 bridgehead atoms. The molecule has 10 aromatic rings. The van der Waals surface area contributed by atoms with E-state index in [0.29, 0.717) is 5.56 Å². The molecule has 0 aliphatic heterocycles. The summed E-state index contributed by atoms with van der Waals surface area (Å²) in [5.41, 5.74) is 9.65. The minimum Gasteiger partial charge on any atom is -0.455 e. The molecule has 0 aliphatic carbocycles. The van der Waals surface area contributed by atoms with Gasteiger partial charge in [-0.05, 0) is 76.3 Å². The summed E-state index contributed by atoms with van der Waals surface area (Å²) in [4.78, 5) is 2.23. The van der Waals surface area contributed by atoms with Crippen LogP contribution in [0, 0.1) is 0 Å². The van der Waals surface area contributed by atoms with Gasteiger partial charge >= 0.3 is 0 Å². The largest absolute Gasteiger partial charge is 0.455 e. The number of hydrogen-bond acceptors (Lipinski definition) is 3. The topological polar surface area (TPSA) is 16.4 Å². The van der Waals surface area contributed by atoms with Gasteiger partial charge in [0.1, 0.15) is 11.2 Å². The van der Waals surface area contributed by atoms with Crippen LogP contribution in [0.25, 0.3) is 75.5 Å². The SMILES string of the molecule is [2H]c1c([2H])c([2H])c(-c2ccc(N(c3ccc(-c4ccc5oc6c(-c7ccccc7)cccc6c5c4)cc3)c3cccc4c3sc3ccccc34)cc2)c([2H])c1[2H]. The fraction of sp³-hybridized carbons (Fsp3) is 0. The first kappa shape index (κ1) is 24.7. The van der Waals surface area contributed by atoms with Gasteiger partial charge in [0, 0.05) is 43.2 Å². The second-order valence-corrected chi connectivity index (χ2v) is 13.6. The highest BCUT2D eigenvalue weighted by atomic mass is 32.1. The lowest BCUT2D eigenvalue weighted by Crippen LogP contribution is -2.10. The molecule has 0 saturated carbocycles. The number of hydrogen-bond donors (Lipinski definition) is 0. The molecule has 0 radical (unpaired) electrons.